The van der Waals surface area contributed by atoms with Crippen LogP contribution in [0, 0.1) is 32.1 Å². The smallest absolute Gasteiger partial charge is 0.347 e. The highest BCUT2D eigenvalue weighted by atomic mass is 19.1. The summed E-state index contributed by atoms with van der Waals surface area (Å²) in [7, 11) is 0. The van der Waals surface area contributed by atoms with E-state index in [1.54, 1.807) is 25.3 Å². The lowest BCUT2D eigenvalue weighted by atomic mass is 9.90. The van der Waals surface area contributed by atoms with Gasteiger partial charge in [0, 0.05) is 35.5 Å². The second kappa shape index (κ2) is 9.03. The van der Waals surface area contributed by atoms with E-state index in [1.165, 1.54) is 0 Å². The number of rotatable bonds is 4. The zero-order valence-electron chi connectivity index (χ0n) is 20.4. The van der Waals surface area contributed by atoms with Crippen molar-refractivity contribution in [2.24, 2.45) is 5.92 Å². The van der Waals surface area contributed by atoms with Gasteiger partial charge in [-0.05, 0) is 43.5 Å². The molecular formula is C27H27F2N5O2. The molecule has 2 fully saturated rings. The van der Waals surface area contributed by atoms with Gasteiger partial charge in [0.15, 0.2) is 0 Å². The molecule has 2 aliphatic rings. The second-order valence-electron chi connectivity index (χ2n) is 9.29. The van der Waals surface area contributed by atoms with Crippen LogP contribution in [0.15, 0.2) is 29.0 Å². The number of fused-ring (bicyclic) bond motifs is 2. The molecule has 0 spiro atoms. The Morgan fingerprint density at radius 2 is 2.17 bits per heavy atom. The highest BCUT2D eigenvalue weighted by molar-refractivity contribution is 5.97. The summed E-state index contributed by atoms with van der Waals surface area (Å²) in [5, 5.41) is 0.588. The number of ether oxygens (including phenoxy) is 1. The molecule has 7 nitrogen and oxygen atoms in total. The summed E-state index contributed by atoms with van der Waals surface area (Å²) in [5.74, 6) is 2.22. The maximum absolute atomic E-state index is 14.8. The predicted octanol–water partition coefficient (Wildman–Crippen LogP) is 4.08. The fourth-order valence-electron chi connectivity index (χ4n) is 5.21. The molecule has 1 aliphatic carbocycles. The normalized spacial score (nSPS) is 22.0. The summed E-state index contributed by atoms with van der Waals surface area (Å²) < 4.78 is 34.8. The number of halogens is 2. The number of hydrogen-bond donors (Lipinski definition) is 2. The maximum atomic E-state index is 14.8. The lowest BCUT2D eigenvalue weighted by Crippen LogP contribution is -2.33. The molecule has 36 heavy (non-hydrogen) atoms. The molecular weight excluding hydrogens is 464 g/mol. The summed E-state index contributed by atoms with van der Waals surface area (Å²) >= 11 is 0. The molecule has 3 aromatic rings. The fourth-order valence-corrected chi connectivity index (χ4v) is 5.21. The Kier molecular flexibility index (Phi) is 6.00. The number of H-pyrrole nitrogens is 1. The molecule has 1 aromatic carbocycles. The Balaban J connectivity index is 1.74. The number of aromatic amines is 1. The Morgan fingerprint density at radius 3 is 2.89 bits per heavy atom. The topological polar surface area (TPSA) is 97.1 Å². The van der Waals surface area contributed by atoms with E-state index >= 15 is 0 Å². The molecule has 1 saturated carbocycles. The van der Waals surface area contributed by atoms with Crippen molar-refractivity contribution in [1.29, 1.82) is 0 Å². The standard InChI is InChI=1S/C27H27F2N5O2/c1-5-16(20(28)6-2)21-13(3)9-15(30)10-17(21)23-14(4)24-18(11-31-23)26(33-27(35)32-24)34-7-8-36-12-19-22(29)25(19)34/h1,9-11,19,22,25H,6-8,12,30H2,2-4H3,(H,32,33,35)/b20-16+. The largest absolute Gasteiger partial charge is 0.399 e. The van der Waals surface area contributed by atoms with Crippen LogP contribution in [0.4, 0.5) is 20.3 Å². The molecule has 1 aliphatic heterocycles. The third-order valence-corrected chi connectivity index (χ3v) is 7.04. The first kappa shape index (κ1) is 23.9. The molecule has 0 bridgehead atoms. The maximum Gasteiger partial charge on any atom is 0.347 e. The molecule has 2 aromatic heterocycles. The van der Waals surface area contributed by atoms with Crippen LogP contribution in [0.25, 0.3) is 27.7 Å². The Bertz CT molecular complexity index is 1510. The Morgan fingerprint density at radius 1 is 1.39 bits per heavy atom. The molecule has 0 radical (unpaired) electrons. The van der Waals surface area contributed by atoms with Gasteiger partial charge < -0.3 is 20.4 Å². The third kappa shape index (κ3) is 3.82. The summed E-state index contributed by atoms with van der Waals surface area (Å²) in [6.45, 7) is 6.50. The number of hydrogen-bond acceptors (Lipinski definition) is 6. The molecule has 3 atom stereocenters. The van der Waals surface area contributed by atoms with Crippen LogP contribution in [0.1, 0.15) is 30.0 Å². The minimum Gasteiger partial charge on any atom is -0.399 e. The average Bonchev–Trinajstić information content (AvgIpc) is 3.54. The highest BCUT2D eigenvalue weighted by Crippen LogP contribution is 2.44. The SMILES string of the molecule is C#C/C(=C(\F)CC)c1c(C)cc(N)cc1-c1ncc2c(N3CCOCC4C(F)C43)nc(=O)[nH]c2c1C. The number of terminal acetylenes is 1. The summed E-state index contributed by atoms with van der Waals surface area (Å²) in [6.07, 6.45) is 6.44. The quantitative estimate of drug-likeness (QED) is 0.422. The van der Waals surface area contributed by atoms with Crippen molar-refractivity contribution in [2.75, 3.05) is 30.4 Å². The fraction of sp³-hybridized carbons (Fsp3) is 0.370. The third-order valence-electron chi connectivity index (χ3n) is 7.04. The van der Waals surface area contributed by atoms with Gasteiger partial charge in [0.05, 0.1) is 41.4 Å². The molecule has 3 heterocycles. The van der Waals surface area contributed by atoms with Crippen molar-refractivity contribution >= 4 is 28.0 Å². The predicted molar refractivity (Wildman–Crippen MR) is 137 cm³/mol. The summed E-state index contributed by atoms with van der Waals surface area (Å²) in [4.78, 5) is 26.2. The zero-order chi connectivity index (χ0) is 25.7. The molecule has 5 rings (SSSR count). The van der Waals surface area contributed by atoms with Gasteiger partial charge in [0.25, 0.3) is 0 Å². The van der Waals surface area contributed by atoms with Crippen LogP contribution >= 0.6 is 0 Å². The van der Waals surface area contributed by atoms with Gasteiger partial charge in [-0.1, -0.05) is 12.8 Å². The van der Waals surface area contributed by atoms with Crippen LogP contribution in [-0.4, -0.2) is 46.9 Å². The first-order valence-electron chi connectivity index (χ1n) is 11.9. The van der Waals surface area contributed by atoms with E-state index in [1.807, 2.05) is 18.7 Å². The minimum atomic E-state index is -1.03. The number of aryl methyl sites for hydroxylation is 2. The van der Waals surface area contributed by atoms with Crippen molar-refractivity contribution in [2.45, 2.75) is 39.4 Å². The van der Waals surface area contributed by atoms with E-state index in [0.29, 0.717) is 70.1 Å². The number of aromatic nitrogens is 3. The first-order chi connectivity index (χ1) is 17.3. The molecule has 9 heteroatoms. The van der Waals surface area contributed by atoms with Crippen molar-refractivity contribution in [3.63, 3.8) is 0 Å². The number of nitrogens with one attached hydrogen (secondary N) is 1. The van der Waals surface area contributed by atoms with Crippen LogP contribution in [0.5, 0.6) is 0 Å². The van der Waals surface area contributed by atoms with Crippen molar-refractivity contribution in [1.82, 2.24) is 15.0 Å². The van der Waals surface area contributed by atoms with Gasteiger partial charge >= 0.3 is 5.69 Å². The number of nitrogens with two attached hydrogens (primary N) is 1. The minimum absolute atomic E-state index is 0.145. The average molecular weight is 492 g/mol. The van der Waals surface area contributed by atoms with Gasteiger partial charge in [-0.25, -0.2) is 13.6 Å². The van der Waals surface area contributed by atoms with E-state index in [4.69, 9.17) is 21.9 Å². The van der Waals surface area contributed by atoms with Crippen molar-refractivity contribution in [3.05, 3.63) is 51.3 Å². The van der Waals surface area contributed by atoms with Crippen LogP contribution in [-0.2, 0) is 4.74 Å². The summed E-state index contributed by atoms with van der Waals surface area (Å²) in [5.41, 5.74) is 9.70. The van der Waals surface area contributed by atoms with Gasteiger partial charge in [0.1, 0.15) is 17.8 Å². The first-order valence-corrected chi connectivity index (χ1v) is 11.9. The lowest BCUT2D eigenvalue weighted by Gasteiger charge is -2.24. The second-order valence-corrected chi connectivity index (χ2v) is 9.29. The number of benzene rings is 1. The molecule has 3 unspecified atom stereocenters. The number of anilines is 2. The number of allylic oxidation sites excluding steroid dienone is 2. The van der Waals surface area contributed by atoms with E-state index in [0.717, 1.165) is 0 Å². The van der Waals surface area contributed by atoms with Crippen molar-refractivity contribution in [3.8, 4) is 23.6 Å². The zero-order valence-corrected chi connectivity index (χ0v) is 20.4. The van der Waals surface area contributed by atoms with Gasteiger partial charge in [-0.15, -0.1) is 6.42 Å². The van der Waals surface area contributed by atoms with Gasteiger partial charge in [0.2, 0.25) is 0 Å². The number of alkyl halides is 1. The number of nitrogens with zero attached hydrogens (tertiary/aromatic N) is 3. The lowest BCUT2D eigenvalue weighted by molar-refractivity contribution is 0.131. The van der Waals surface area contributed by atoms with Gasteiger partial charge in [-0.3, -0.25) is 4.98 Å². The Labute approximate surface area is 207 Å². The molecule has 3 N–H and O–H groups in total. The molecule has 1 saturated heterocycles. The van der Waals surface area contributed by atoms with E-state index < -0.39 is 17.7 Å². The number of nitrogen functional groups attached to an aromatic ring is 1. The summed E-state index contributed by atoms with van der Waals surface area (Å²) in [6, 6.07) is 3.06. The molecule has 0 amide bonds. The number of pyridine rings is 1. The monoisotopic (exact) mass is 491 g/mol. The van der Waals surface area contributed by atoms with Crippen LogP contribution < -0.4 is 16.3 Å². The Hall–Kier alpha value is -3.77. The van der Waals surface area contributed by atoms with E-state index in [-0.39, 0.29) is 24.0 Å². The van der Waals surface area contributed by atoms with Crippen LogP contribution in [0.2, 0.25) is 0 Å². The van der Waals surface area contributed by atoms with Crippen LogP contribution in [0.3, 0.4) is 0 Å². The van der Waals surface area contributed by atoms with Crippen molar-refractivity contribution < 1.29 is 13.5 Å². The molecule has 186 valence electrons. The highest BCUT2D eigenvalue weighted by Gasteiger charge is 2.56. The van der Waals surface area contributed by atoms with E-state index in [9.17, 15) is 13.6 Å². The van der Waals surface area contributed by atoms with E-state index in [2.05, 4.69) is 15.9 Å². The van der Waals surface area contributed by atoms with Gasteiger partial charge in [-0.2, -0.15) is 4.98 Å².